The van der Waals surface area contributed by atoms with Gasteiger partial charge in [-0.05, 0) is 89.9 Å². The highest BCUT2D eigenvalue weighted by atomic mass is 16.5. The zero-order valence-electron chi connectivity index (χ0n) is 34.7. The zero-order valence-corrected chi connectivity index (χ0v) is 34.7. The van der Waals surface area contributed by atoms with E-state index in [9.17, 15) is 19.8 Å². The number of carbonyl (C=O) groups excluding carboxylic acids is 2. The molecule has 0 saturated carbocycles. The van der Waals surface area contributed by atoms with Crippen LogP contribution in [0.4, 0.5) is 0 Å². The van der Waals surface area contributed by atoms with Crippen LogP contribution in [0.2, 0.25) is 0 Å². The summed E-state index contributed by atoms with van der Waals surface area (Å²) >= 11 is 0. The number of ether oxygens (including phenoxy) is 1. The van der Waals surface area contributed by atoms with E-state index < -0.39 is 12.1 Å². The SMILES string of the molecule is CCCCC/C=C\C/C=C\CCCCCCCC(=O)OCCCC/C=C\CCCCCCCC(=O)NC(CO)C(O)/C=C/CCCCCCCCCC. The Hall–Kier alpha value is -2.18. The zero-order chi connectivity index (χ0) is 38.7. The number of rotatable bonds is 40. The van der Waals surface area contributed by atoms with Crippen molar-refractivity contribution in [2.75, 3.05) is 13.2 Å². The van der Waals surface area contributed by atoms with Gasteiger partial charge in [0.25, 0.3) is 0 Å². The molecule has 2 atom stereocenters. The first kappa shape index (κ1) is 50.8. The maximum atomic E-state index is 12.3. The van der Waals surface area contributed by atoms with Crippen molar-refractivity contribution in [2.45, 2.75) is 225 Å². The highest BCUT2D eigenvalue weighted by Crippen LogP contribution is 2.12. The topological polar surface area (TPSA) is 95.9 Å². The van der Waals surface area contributed by atoms with Gasteiger partial charge in [-0.1, -0.05) is 159 Å². The van der Waals surface area contributed by atoms with Crippen molar-refractivity contribution in [1.82, 2.24) is 5.32 Å². The molecule has 308 valence electrons. The van der Waals surface area contributed by atoms with Crippen LogP contribution in [0.1, 0.15) is 213 Å². The van der Waals surface area contributed by atoms with E-state index in [2.05, 4.69) is 55.6 Å². The molecule has 0 radical (unpaired) electrons. The fourth-order valence-electron chi connectivity index (χ4n) is 6.30. The molecule has 0 saturated heterocycles. The van der Waals surface area contributed by atoms with Gasteiger partial charge >= 0.3 is 5.97 Å². The van der Waals surface area contributed by atoms with Crippen LogP contribution in [0.5, 0.6) is 0 Å². The average molecular weight is 744 g/mol. The summed E-state index contributed by atoms with van der Waals surface area (Å²) in [6.07, 6.45) is 51.0. The fraction of sp³-hybridized carbons (Fsp3) is 0.787. The third-order valence-electron chi connectivity index (χ3n) is 9.81. The third kappa shape index (κ3) is 39.3. The quantitative estimate of drug-likeness (QED) is 0.0330. The first-order valence-electron chi connectivity index (χ1n) is 22.4. The van der Waals surface area contributed by atoms with E-state index in [1.54, 1.807) is 6.08 Å². The van der Waals surface area contributed by atoms with E-state index in [1.165, 1.54) is 89.9 Å². The Balaban J connectivity index is 3.57. The summed E-state index contributed by atoms with van der Waals surface area (Å²) in [5.74, 6) is -0.151. The summed E-state index contributed by atoms with van der Waals surface area (Å²) in [6, 6.07) is -0.648. The Bertz CT molecular complexity index is 911. The number of amides is 1. The molecule has 0 aliphatic rings. The highest BCUT2D eigenvalue weighted by Gasteiger charge is 2.18. The van der Waals surface area contributed by atoms with Crippen molar-refractivity contribution >= 4 is 11.9 Å². The minimum absolute atomic E-state index is 0.0488. The lowest BCUT2D eigenvalue weighted by Crippen LogP contribution is -2.45. The molecule has 0 aliphatic heterocycles. The number of allylic oxidation sites excluding steroid dienone is 7. The molecule has 6 heteroatoms. The predicted molar refractivity (Wildman–Crippen MR) is 227 cm³/mol. The van der Waals surface area contributed by atoms with Crippen LogP contribution in [-0.4, -0.2) is 47.4 Å². The van der Waals surface area contributed by atoms with Crippen LogP contribution in [0.25, 0.3) is 0 Å². The van der Waals surface area contributed by atoms with Crippen LogP contribution < -0.4 is 5.32 Å². The number of unbranched alkanes of at least 4 members (excludes halogenated alkanes) is 23. The molecule has 0 aromatic carbocycles. The molecule has 0 spiro atoms. The van der Waals surface area contributed by atoms with Gasteiger partial charge in [0.05, 0.1) is 25.4 Å². The molecule has 6 nitrogen and oxygen atoms in total. The lowest BCUT2D eigenvalue weighted by atomic mass is 10.1. The van der Waals surface area contributed by atoms with Crippen LogP contribution in [0.3, 0.4) is 0 Å². The second kappa shape index (κ2) is 42.6. The molecule has 0 heterocycles. The Labute approximate surface area is 327 Å². The molecular weight excluding hydrogens is 659 g/mol. The van der Waals surface area contributed by atoms with Gasteiger partial charge < -0.3 is 20.3 Å². The Morgan fingerprint density at radius 3 is 1.49 bits per heavy atom. The minimum Gasteiger partial charge on any atom is -0.466 e. The van der Waals surface area contributed by atoms with Crippen molar-refractivity contribution in [1.29, 1.82) is 0 Å². The van der Waals surface area contributed by atoms with Crippen LogP contribution in [-0.2, 0) is 14.3 Å². The number of nitrogens with one attached hydrogen (secondary N) is 1. The number of aliphatic hydroxyl groups excluding tert-OH is 2. The largest absolute Gasteiger partial charge is 0.466 e. The van der Waals surface area contributed by atoms with Crippen LogP contribution in [0.15, 0.2) is 48.6 Å². The van der Waals surface area contributed by atoms with Crippen LogP contribution in [0, 0.1) is 0 Å². The van der Waals surface area contributed by atoms with E-state index in [1.807, 2.05) is 6.08 Å². The van der Waals surface area contributed by atoms with Gasteiger partial charge in [0.1, 0.15) is 0 Å². The summed E-state index contributed by atoms with van der Waals surface area (Å²) in [4.78, 5) is 24.3. The number of hydrogen-bond acceptors (Lipinski definition) is 5. The Morgan fingerprint density at radius 1 is 0.528 bits per heavy atom. The molecular formula is C47H85NO5. The molecule has 0 bridgehead atoms. The van der Waals surface area contributed by atoms with Crippen molar-refractivity contribution in [3.05, 3.63) is 48.6 Å². The van der Waals surface area contributed by atoms with Gasteiger partial charge in [-0.15, -0.1) is 0 Å². The molecule has 0 aromatic rings. The van der Waals surface area contributed by atoms with Crippen molar-refractivity contribution < 1.29 is 24.5 Å². The van der Waals surface area contributed by atoms with Gasteiger partial charge in [-0.3, -0.25) is 9.59 Å². The van der Waals surface area contributed by atoms with Gasteiger partial charge in [0.15, 0.2) is 0 Å². The second-order valence-corrected chi connectivity index (χ2v) is 15.0. The van der Waals surface area contributed by atoms with Gasteiger partial charge in [0.2, 0.25) is 5.91 Å². The Kier molecular flexibility index (Phi) is 40.8. The number of esters is 1. The lowest BCUT2D eigenvalue weighted by Gasteiger charge is -2.20. The summed E-state index contributed by atoms with van der Waals surface area (Å²) < 4.78 is 5.41. The smallest absolute Gasteiger partial charge is 0.305 e. The normalized spacial score (nSPS) is 13.2. The van der Waals surface area contributed by atoms with E-state index >= 15 is 0 Å². The maximum absolute atomic E-state index is 12.3. The molecule has 0 fully saturated rings. The van der Waals surface area contributed by atoms with E-state index in [4.69, 9.17) is 4.74 Å². The van der Waals surface area contributed by atoms with Crippen molar-refractivity contribution in [2.24, 2.45) is 0 Å². The number of carbonyl (C=O) groups is 2. The van der Waals surface area contributed by atoms with E-state index in [0.717, 1.165) is 96.3 Å². The number of hydrogen-bond donors (Lipinski definition) is 3. The van der Waals surface area contributed by atoms with E-state index in [0.29, 0.717) is 19.4 Å². The highest BCUT2D eigenvalue weighted by molar-refractivity contribution is 5.76. The maximum Gasteiger partial charge on any atom is 0.305 e. The molecule has 0 aromatic heterocycles. The lowest BCUT2D eigenvalue weighted by molar-refractivity contribution is -0.143. The second-order valence-electron chi connectivity index (χ2n) is 15.0. The third-order valence-corrected chi connectivity index (χ3v) is 9.81. The van der Waals surface area contributed by atoms with E-state index in [-0.39, 0.29) is 18.5 Å². The van der Waals surface area contributed by atoms with Crippen LogP contribution >= 0.6 is 0 Å². The van der Waals surface area contributed by atoms with Crippen molar-refractivity contribution in [3.63, 3.8) is 0 Å². The summed E-state index contributed by atoms with van der Waals surface area (Å²) in [6.45, 7) is 4.74. The molecule has 1 amide bonds. The average Bonchev–Trinajstić information content (AvgIpc) is 3.16. The molecule has 53 heavy (non-hydrogen) atoms. The van der Waals surface area contributed by atoms with Gasteiger partial charge in [0, 0.05) is 12.8 Å². The summed E-state index contributed by atoms with van der Waals surface area (Å²) in [7, 11) is 0. The fourth-order valence-corrected chi connectivity index (χ4v) is 6.30. The Morgan fingerprint density at radius 2 is 0.943 bits per heavy atom. The first-order valence-corrected chi connectivity index (χ1v) is 22.4. The summed E-state index contributed by atoms with van der Waals surface area (Å²) in [5.41, 5.74) is 0. The molecule has 0 aliphatic carbocycles. The van der Waals surface area contributed by atoms with Crippen molar-refractivity contribution in [3.8, 4) is 0 Å². The first-order chi connectivity index (χ1) is 26.0. The monoisotopic (exact) mass is 744 g/mol. The van der Waals surface area contributed by atoms with Gasteiger partial charge in [-0.25, -0.2) is 0 Å². The summed E-state index contributed by atoms with van der Waals surface area (Å²) in [5, 5.41) is 22.9. The standard InChI is InChI=1S/C47H85NO5/c1-3-5-7-9-11-13-15-16-17-18-21-25-29-33-37-41-47(52)53-42-38-34-30-26-22-19-20-24-28-32-36-40-46(51)48-44(43-49)45(50)39-35-31-27-23-14-12-10-8-6-4-2/h11,13,16-17,22,26,35,39,44-45,49-50H,3-10,12,14-15,18-21,23-25,27-34,36-38,40-43H2,1-2H3,(H,48,51)/b13-11-,17-16-,26-22-,39-35+. The van der Waals surface area contributed by atoms with Gasteiger partial charge in [-0.2, -0.15) is 0 Å². The predicted octanol–water partition coefficient (Wildman–Crippen LogP) is 12.7. The molecule has 3 N–H and O–H groups in total. The molecule has 0 rings (SSSR count). The minimum atomic E-state index is -0.862. The number of aliphatic hydroxyl groups is 2. The molecule has 2 unspecified atom stereocenters.